The van der Waals surface area contributed by atoms with Crippen molar-refractivity contribution >= 4 is 21.6 Å². The molecule has 27 heavy (non-hydrogen) atoms. The van der Waals surface area contributed by atoms with E-state index in [1.807, 2.05) is 43.3 Å². The molecule has 0 aliphatic heterocycles. The van der Waals surface area contributed by atoms with Crippen LogP contribution >= 0.6 is 15.9 Å². The van der Waals surface area contributed by atoms with Crippen molar-refractivity contribution in [1.82, 2.24) is 0 Å². The van der Waals surface area contributed by atoms with Gasteiger partial charge in [-0.25, -0.2) is 0 Å². The largest absolute Gasteiger partial charge is 0.490 e. The molecule has 0 spiro atoms. The summed E-state index contributed by atoms with van der Waals surface area (Å²) < 4.78 is 12.8. The minimum absolute atomic E-state index is 0.508. The molecule has 0 unspecified atom stereocenters. The highest BCUT2D eigenvalue weighted by molar-refractivity contribution is 9.10. The second-order valence-corrected chi connectivity index (χ2v) is 7.27. The lowest BCUT2D eigenvalue weighted by molar-refractivity contribution is 0.269. The van der Waals surface area contributed by atoms with Crippen LogP contribution in [0.25, 0.3) is 0 Å². The first-order valence-corrected chi connectivity index (χ1v) is 9.87. The standard InChI is InChI=1S/C23H24BrNO2/c1-3-26-23-14-19(15-25-21-6-4-5-17(2)13-21)9-12-22(23)27-16-18-7-10-20(24)11-8-18/h4-14,25H,3,15-16H2,1-2H3. The Morgan fingerprint density at radius 2 is 1.63 bits per heavy atom. The van der Waals surface area contributed by atoms with Crippen LogP contribution in [0.4, 0.5) is 5.69 Å². The van der Waals surface area contributed by atoms with Crippen molar-refractivity contribution in [2.24, 2.45) is 0 Å². The summed E-state index contributed by atoms with van der Waals surface area (Å²) in [5, 5.41) is 3.45. The monoisotopic (exact) mass is 425 g/mol. The zero-order chi connectivity index (χ0) is 19.1. The number of benzene rings is 3. The van der Waals surface area contributed by atoms with E-state index in [0.29, 0.717) is 13.2 Å². The van der Waals surface area contributed by atoms with E-state index in [4.69, 9.17) is 9.47 Å². The van der Waals surface area contributed by atoms with Crippen LogP contribution in [0.15, 0.2) is 71.2 Å². The smallest absolute Gasteiger partial charge is 0.161 e. The second-order valence-electron chi connectivity index (χ2n) is 6.35. The number of nitrogens with one attached hydrogen (secondary N) is 1. The number of hydrogen-bond donors (Lipinski definition) is 1. The van der Waals surface area contributed by atoms with Crippen LogP contribution in [-0.2, 0) is 13.2 Å². The van der Waals surface area contributed by atoms with Crippen LogP contribution in [0.5, 0.6) is 11.5 Å². The lowest BCUT2D eigenvalue weighted by Gasteiger charge is -2.14. The summed E-state index contributed by atoms with van der Waals surface area (Å²) in [5.74, 6) is 1.54. The van der Waals surface area contributed by atoms with Gasteiger partial charge in [0, 0.05) is 16.7 Å². The van der Waals surface area contributed by atoms with Crippen molar-refractivity contribution in [3.63, 3.8) is 0 Å². The van der Waals surface area contributed by atoms with Crippen LogP contribution in [0.3, 0.4) is 0 Å². The van der Waals surface area contributed by atoms with Crippen molar-refractivity contribution in [3.8, 4) is 11.5 Å². The third kappa shape index (κ3) is 5.76. The molecule has 0 saturated heterocycles. The van der Waals surface area contributed by atoms with E-state index in [-0.39, 0.29) is 0 Å². The quantitative estimate of drug-likeness (QED) is 0.456. The van der Waals surface area contributed by atoms with E-state index < -0.39 is 0 Å². The highest BCUT2D eigenvalue weighted by atomic mass is 79.9. The topological polar surface area (TPSA) is 30.5 Å². The summed E-state index contributed by atoms with van der Waals surface area (Å²) in [6.45, 7) is 5.92. The Bertz CT molecular complexity index is 878. The molecule has 0 saturated carbocycles. The Hall–Kier alpha value is -2.46. The second kappa shape index (κ2) is 9.47. The first-order valence-electron chi connectivity index (χ1n) is 9.07. The SMILES string of the molecule is CCOc1cc(CNc2cccc(C)c2)ccc1OCc1ccc(Br)cc1. The molecule has 3 aromatic carbocycles. The average Bonchev–Trinajstić information content (AvgIpc) is 2.67. The average molecular weight is 426 g/mol. The third-order valence-electron chi connectivity index (χ3n) is 4.13. The van der Waals surface area contributed by atoms with Crippen molar-refractivity contribution < 1.29 is 9.47 Å². The Morgan fingerprint density at radius 1 is 0.852 bits per heavy atom. The molecule has 0 fully saturated rings. The highest BCUT2D eigenvalue weighted by Crippen LogP contribution is 2.30. The fraction of sp³-hybridized carbons (Fsp3) is 0.217. The van der Waals surface area contributed by atoms with Gasteiger partial charge in [-0.05, 0) is 66.9 Å². The zero-order valence-corrected chi connectivity index (χ0v) is 17.3. The van der Waals surface area contributed by atoms with E-state index in [0.717, 1.165) is 39.3 Å². The van der Waals surface area contributed by atoms with Gasteiger partial charge in [-0.2, -0.15) is 0 Å². The molecule has 0 heterocycles. The van der Waals surface area contributed by atoms with E-state index in [1.165, 1.54) is 5.56 Å². The van der Waals surface area contributed by atoms with Crippen LogP contribution in [0.1, 0.15) is 23.6 Å². The van der Waals surface area contributed by atoms with E-state index in [1.54, 1.807) is 0 Å². The lowest BCUT2D eigenvalue weighted by atomic mass is 10.1. The Kier molecular flexibility index (Phi) is 6.77. The van der Waals surface area contributed by atoms with Crippen LogP contribution in [-0.4, -0.2) is 6.61 Å². The third-order valence-corrected chi connectivity index (χ3v) is 4.66. The van der Waals surface area contributed by atoms with Gasteiger partial charge in [-0.15, -0.1) is 0 Å². The maximum Gasteiger partial charge on any atom is 0.161 e. The summed E-state index contributed by atoms with van der Waals surface area (Å²) in [6.07, 6.45) is 0. The summed E-state index contributed by atoms with van der Waals surface area (Å²) in [6, 6.07) is 22.6. The normalized spacial score (nSPS) is 10.5. The van der Waals surface area contributed by atoms with Gasteiger partial charge in [-0.1, -0.05) is 46.3 Å². The first-order chi connectivity index (χ1) is 13.1. The van der Waals surface area contributed by atoms with E-state index in [2.05, 4.69) is 58.5 Å². The number of hydrogen-bond acceptors (Lipinski definition) is 3. The molecule has 0 amide bonds. The molecule has 3 aromatic rings. The number of ether oxygens (including phenoxy) is 2. The summed E-state index contributed by atoms with van der Waals surface area (Å²) in [7, 11) is 0. The number of halogens is 1. The molecule has 0 atom stereocenters. The molecular formula is C23H24BrNO2. The van der Waals surface area contributed by atoms with Crippen molar-refractivity contribution in [2.75, 3.05) is 11.9 Å². The summed E-state index contributed by atoms with van der Waals surface area (Å²) >= 11 is 3.45. The Labute approximate surface area is 169 Å². The van der Waals surface area contributed by atoms with Crippen LogP contribution < -0.4 is 14.8 Å². The van der Waals surface area contributed by atoms with Crippen molar-refractivity contribution in [1.29, 1.82) is 0 Å². The molecular weight excluding hydrogens is 402 g/mol. The van der Waals surface area contributed by atoms with Gasteiger partial charge in [0.15, 0.2) is 11.5 Å². The summed E-state index contributed by atoms with van der Waals surface area (Å²) in [5.41, 5.74) is 4.62. The minimum Gasteiger partial charge on any atom is -0.490 e. The Balaban J connectivity index is 1.67. The van der Waals surface area contributed by atoms with E-state index >= 15 is 0 Å². The van der Waals surface area contributed by atoms with Crippen molar-refractivity contribution in [3.05, 3.63) is 87.9 Å². The number of aryl methyl sites for hydroxylation is 1. The molecule has 0 aliphatic carbocycles. The molecule has 0 aromatic heterocycles. The van der Waals surface area contributed by atoms with Gasteiger partial charge in [-0.3, -0.25) is 0 Å². The fourth-order valence-electron chi connectivity index (χ4n) is 2.75. The van der Waals surface area contributed by atoms with Gasteiger partial charge in [0.1, 0.15) is 6.61 Å². The predicted molar refractivity (Wildman–Crippen MR) is 115 cm³/mol. The summed E-state index contributed by atoms with van der Waals surface area (Å²) in [4.78, 5) is 0. The van der Waals surface area contributed by atoms with Gasteiger partial charge < -0.3 is 14.8 Å². The lowest BCUT2D eigenvalue weighted by Crippen LogP contribution is -2.03. The van der Waals surface area contributed by atoms with Crippen LogP contribution in [0, 0.1) is 6.92 Å². The maximum absolute atomic E-state index is 5.99. The molecule has 0 radical (unpaired) electrons. The van der Waals surface area contributed by atoms with Crippen molar-refractivity contribution in [2.45, 2.75) is 27.0 Å². The minimum atomic E-state index is 0.508. The number of rotatable bonds is 8. The molecule has 3 nitrogen and oxygen atoms in total. The molecule has 140 valence electrons. The predicted octanol–water partition coefficient (Wildman–Crippen LogP) is 6.35. The molecule has 1 N–H and O–H groups in total. The highest BCUT2D eigenvalue weighted by Gasteiger charge is 2.07. The molecule has 3 rings (SSSR count). The molecule has 4 heteroatoms. The number of anilines is 1. The maximum atomic E-state index is 5.99. The van der Waals surface area contributed by atoms with Gasteiger partial charge in [0.2, 0.25) is 0 Å². The fourth-order valence-corrected chi connectivity index (χ4v) is 3.02. The van der Waals surface area contributed by atoms with Gasteiger partial charge in [0.05, 0.1) is 6.61 Å². The molecule has 0 bridgehead atoms. The first kappa shape index (κ1) is 19.3. The van der Waals surface area contributed by atoms with E-state index in [9.17, 15) is 0 Å². The zero-order valence-electron chi connectivity index (χ0n) is 15.7. The van der Waals surface area contributed by atoms with Gasteiger partial charge in [0.25, 0.3) is 0 Å². The Morgan fingerprint density at radius 3 is 2.37 bits per heavy atom. The van der Waals surface area contributed by atoms with Gasteiger partial charge >= 0.3 is 0 Å². The van der Waals surface area contributed by atoms with Crippen LogP contribution in [0.2, 0.25) is 0 Å². The molecule has 0 aliphatic rings.